The zero-order chi connectivity index (χ0) is 19.6. The van der Waals surface area contributed by atoms with Crippen molar-refractivity contribution in [2.75, 3.05) is 66.2 Å². The average molecular weight is 391 g/mol. The number of ether oxygens (including phenoxy) is 3. The minimum atomic E-state index is 0.615. The Morgan fingerprint density at radius 2 is 2.07 bits per heavy atom. The maximum absolute atomic E-state index is 5.81. The number of methoxy groups -OCH3 is 1. The Morgan fingerprint density at radius 1 is 1.25 bits per heavy atom. The molecule has 2 heterocycles. The highest BCUT2D eigenvalue weighted by Gasteiger charge is 2.30. The number of nitrogens with one attached hydrogen (secondary N) is 1. The van der Waals surface area contributed by atoms with Crippen molar-refractivity contribution in [1.29, 1.82) is 0 Å². The number of guanidine groups is 1. The number of morpholine rings is 1. The standard InChI is InChI=1S/C21H34N4O3/c1-3-22-21(25-10-8-18(17-25)24-11-14-27-15-12-24)23-9-5-13-28-20-7-4-6-19(16-20)26-2/h4,6-7,16,18H,3,5,8-15,17H2,1-2H3,(H,22,23). The summed E-state index contributed by atoms with van der Waals surface area (Å²) in [5, 5.41) is 3.45. The van der Waals surface area contributed by atoms with E-state index in [1.807, 2.05) is 24.3 Å². The summed E-state index contributed by atoms with van der Waals surface area (Å²) < 4.78 is 16.5. The van der Waals surface area contributed by atoms with Crippen LogP contribution >= 0.6 is 0 Å². The highest BCUT2D eigenvalue weighted by atomic mass is 16.5. The fourth-order valence-electron chi connectivity index (χ4n) is 3.73. The lowest BCUT2D eigenvalue weighted by Gasteiger charge is -2.32. The van der Waals surface area contributed by atoms with Gasteiger partial charge in [-0.2, -0.15) is 0 Å². The van der Waals surface area contributed by atoms with Gasteiger partial charge < -0.3 is 24.4 Å². The molecule has 2 fully saturated rings. The molecule has 2 saturated heterocycles. The van der Waals surface area contributed by atoms with E-state index in [1.165, 1.54) is 6.42 Å². The van der Waals surface area contributed by atoms with Crippen LogP contribution in [0.2, 0.25) is 0 Å². The molecular weight excluding hydrogens is 356 g/mol. The predicted octanol–water partition coefficient (Wildman–Crippen LogP) is 1.84. The van der Waals surface area contributed by atoms with E-state index in [1.54, 1.807) is 7.11 Å². The van der Waals surface area contributed by atoms with Crippen molar-refractivity contribution < 1.29 is 14.2 Å². The Balaban J connectivity index is 1.43. The van der Waals surface area contributed by atoms with Crippen LogP contribution in [0.1, 0.15) is 19.8 Å². The molecule has 7 heteroatoms. The van der Waals surface area contributed by atoms with Gasteiger partial charge in [0.1, 0.15) is 11.5 Å². The molecule has 0 aliphatic carbocycles. The molecule has 0 radical (unpaired) electrons. The summed E-state index contributed by atoms with van der Waals surface area (Å²) >= 11 is 0. The van der Waals surface area contributed by atoms with Gasteiger partial charge in [0.05, 0.1) is 26.9 Å². The van der Waals surface area contributed by atoms with Crippen molar-refractivity contribution >= 4 is 5.96 Å². The third-order valence-corrected chi connectivity index (χ3v) is 5.23. The van der Waals surface area contributed by atoms with Gasteiger partial charge in [0.15, 0.2) is 5.96 Å². The number of benzene rings is 1. The van der Waals surface area contributed by atoms with E-state index in [-0.39, 0.29) is 0 Å². The van der Waals surface area contributed by atoms with Gasteiger partial charge >= 0.3 is 0 Å². The van der Waals surface area contributed by atoms with E-state index >= 15 is 0 Å². The Labute approximate surface area is 168 Å². The average Bonchev–Trinajstić information content (AvgIpc) is 3.24. The second-order valence-electron chi connectivity index (χ2n) is 7.15. The van der Waals surface area contributed by atoms with Crippen molar-refractivity contribution in [3.8, 4) is 11.5 Å². The molecule has 0 aromatic heterocycles. The minimum Gasteiger partial charge on any atom is -0.497 e. The fourth-order valence-corrected chi connectivity index (χ4v) is 3.73. The third kappa shape index (κ3) is 6.01. The van der Waals surface area contributed by atoms with Gasteiger partial charge in [-0.3, -0.25) is 9.89 Å². The van der Waals surface area contributed by atoms with Crippen LogP contribution in [0.3, 0.4) is 0 Å². The molecule has 1 unspecified atom stereocenters. The lowest BCUT2D eigenvalue weighted by Crippen LogP contribution is -2.46. The van der Waals surface area contributed by atoms with Gasteiger partial charge in [-0.1, -0.05) is 6.07 Å². The van der Waals surface area contributed by atoms with Crippen LogP contribution in [0.5, 0.6) is 11.5 Å². The molecule has 1 aromatic rings. The maximum atomic E-state index is 5.81. The van der Waals surface area contributed by atoms with E-state index in [0.717, 1.165) is 76.4 Å². The van der Waals surface area contributed by atoms with Crippen LogP contribution in [0.4, 0.5) is 0 Å². The second kappa shape index (κ2) is 11.1. The fraction of sp³-hybridized carbons (Fsp3) is 0.667. The zero-order valence-corrected chi connectivity index (χ0v) is 17.2. The second-order valence-corrected chi connectivity index (χ2v) is 7.15. The molecule has 2 aliphatic rings. The number of likely N-dealkylation sites (tertiary alicyclic amines) is 1. The highest BCUT2D eigenvalue weighted by Crippen LogP contribution is 2.19. The summed E-state index contributed by atoms with van der Waals surface area (Å²) in [4.78, 5) is 9.78. The molecule has 0 bridgehead atoms. The largest absolute Gasteiger partial charge is 0.497 e. The smallest absolute Gasteiger partial charge is 0.193 e. The molecule has 0 spiro atoms. The summed E-state index contributed by atoms with van der Waals surface area (Å²) in [5.74, 6) is 2.68. The van der Waals surface area contributed by atoms with Gasteiger partial charge in [0, 0.05) is 57.8 Å². The third-order valence-electron chi connectivity index (χ3n) is 5.23. The Kier molecular flexibility index (Phi) is 8.23. The van der Waals surface area contributed by atoms with Crippen LogP contribution in [-0.2, 0) is 4.74 Å². The van der Waals surface area contributed by atoms with Crippen molar-refractivity contribution in [1.82, 2.24) is 15.1 Å². The normalized spacial score (nSPS) is 21.0. The Bertz CT molecular complexity index is 619. The first-order valence-electron chi connectivity index (χ1n) is 10.4. The predicted molar refractivity (Wildman–Crippen MR) is 111 cm³/mol. The van der Waals surface area contributed by atoms with Crippen LogP contribution < -0.4 is 14.8 Å². The molecule has 3 rings (SSSR count). The van der Waals surface area contributed by atoms with Gasteiger partial charge in [-0.05, 0) is 25.5 Å². The summed E-state index contributed by atoms with van der Waals surface area (Å²) in [6.07, 6.45) is 2.08. The van der Waals surface area contributed by atoms with E-state index in [2.05, 4.69) is 22.0 Å². The molecule has 0 amide bonds. The number of aliphatic imine (C=N–C) groups is 1. The molecular formula is C21H34N4O3. The monoisotopic (exact) mass is 390 g/mol. The first-order chi connectivity index (χ1) is 13.8. The van der Waals surface area contributed by atoms with Crippen LogP contribution in [0.15, 0.2) is 29.3 Å². The molecule has 7 nitrogen and oxygen atoms in total. The minimum absolute atomic E-state index is 0.615. The van der Waals surface area contributed by atoms with Gasteiger partial charge in [-0.15, -0.1) is 0 Å². The van der Waals surface area contributed by atoms with Gasteiger partial charge in [0.25, 0.3) is 0 Å². The van der Waals surface area contributed by atoms with Crippen molar-refractivity contribution in [3.63, 3.8) is 0 Å². The molecule has 2 aliphatic heterocycles. The molecule has 156 valence electrons. The molecule has 0 saturated carbocycles. The number of rotatable bonds is 8. The summed E-state index contributed by atoms with van der Waals surface area (Å²) in [5.41, 5.74) is 0. The number of hydrogen-bond acceptors (Lipinski definition) is 5. The van der Waals surface area contributed by atoms with Gasteiger partial charge in [0.2, 0.25) is 0 Å². The van der Waals surface area contributed by atoms with E-state index in [9.17, 15) is 0 Å². The lowest BCUT2D eigenvalue weighted by molar-refractivity contribution is 0.0195. The molecule has 1 atom stereocenters. The topological polar surface area (TPSA) is 58.6 Å². The first-order valence-corrected chi connectivity index (χ1v) is 10.4. The number of nitrogens with zero attached hydrogens (tertiary/aromatic N) is 3. The maximum Gasteiger partial charge on any atom is 0.193 e. The SMILES string of the molecule is CCNC(=NCCCOc1cccc(OC)c1)N1CCC(N2CCOCC2)C1. The summed E-state index contributed by atoms with van der Waals surface area (Å²) in [7, 11) is 1.66. The number of hydrogen-bond donors (Lipinski definition) is 1. The van der Waals surface area contributed by atoms with Crippen molar-refractivity contribution in [2.45, 2.75) is 25.8 Å². The van der Waals surface area contributed by atoms with Crippen LogP contribution in [0, 0.1) is 0 Å². The summed E-state index contributed by atoms with van der Waals surface area (Å²) in [6, 6.07) is 8.33. The Hall–Kier alpha value is -1.99. The van der Waals surface area contributed by atoms with Crippen molar-refractivity contribution in [3.05, 3.63) is 24.3 Å². The van der Waals surface area contributed by atoms with E-state index in [4.69, 9.17) is 19.2 Å². The Morgan fingerprint density at radius 3 is 2.86 bits per heavy atom. The zero-order valence-electron chi connectivity index (χ0n) is 17.2. The summed E-state index contributed by atoms with van der Waals surface area (Å²) in [6.45, 7) is 10.3. The van der Waals surface area contributed by atoms with Crippen molar-refractivity contribution in [2.24, 2.45) is 4.99 Å². The van der Waals surface area contributed by atoms with Crippen LogP contribution in [0.25, 0.3) is 0 Å². The molecule has 28 heavy (non-hydrogen) atoms. The quantitative estimate of drug-likeness (QED) is 0.415. The van der Waals surface area contributed by atoms with Crippen LogP contribution in [-0.4, -0.2) is 88.0 Å². The highest BCUT2D eigenvalue weighted by molar-refractivity contribution is 5.80. The first kappa shape index (κ1) is 20.7. The lowest BCUT2D eigenvalue weighted by atomic mass is 10.2. The molecule has 1 N–H and O–H groups in total. The van der Waals surface area contributed by atoms with E-state index < -0.39 is 0 Å². The van der Waals surface area contributed by atoms with Gasteiger partial charge in [-0.25, -0.2) is 0 Å². The van der Waals surface area contributed by atoms with E-state index in [0.29, 0.717) is 12.6 Å². The molecule has 1 aromatic carbocycles.